The summed E-state index contributed by atoms with van der Waals surface area (Å²) in [5.74, 6) is 3.53. The summed E-state index contributed by atoms with van der Waals surface area (Å²) < 4.78 is 15.3. The van der Waals surface area contributed by atoms with Gasteiger partial charge in [0.2, 0.25) is 0 Å². The SMILES string of the molecule is C#CCn1c(=NC(=O)c2c(C)nc3ccccn23)sc2c(OC)ccc(OC)c21. The number of hydrogen-bond acceptors (Lipinski definition) is 5. The predicted octanol–water partition coefficient (Wildman–Crippen LogP) is 3.05. The lowest BCUT2D eigenvalue weighted by atomic mass is 10.3. The molecule has 0 saturated heterocycles. The quantitative estimate of drug-likeness (QED) is 0.489. The molecule has 1 amide bonds. The Bertz CT molecular complexity index is 1350. The van der Waals surface area contributed by atoms with Crippen LogP contribution in [-0.2, 0) is 6.54 Å². The van der Waals surface area contributed by atoms with Gasteiger partial charge >= 0.3 is 0 Å². The van der Waals surface area contributed by atoms with Gasteiger partial charge in [-0.15, -0.1) is 6.42 Å². The van der Waals surface area contributed by atoms with Crippen molar-refractivity contribution in [1.29, 1.82) is 0 Å². The molecule has 4 rings (SSSR count). The Balaban J connectivity index is 1.98. The van der Waals surface area contributed by atoms with Gasteiger partial charge < -0.3 is 14.0 Å². The first kappa shape index (κ1) is 18.8. The number of methoxy groups -OCH3 is 2. The maximum atomic E-state index is 13.1. The van der Waals surface area contributed by atoms with Crippen LogP contribution in [0, 0.1) is 19.3 Å². The number of nitrogens with zero attached hydrogens (tertiary/aromatic N) is 4. The normalized spacial score (nSPS) is 11.7. The highest BCUT2D eigenvalue weighted by Crippen LogP contribution is 2.35. The second-order valence-electron chi connectivity index (χ2n) is 6.21. The van der Waals surface area contributed by atoms with E-state index in [0.29, 0.717) is 33.3 Å². The summed E-state index contributed by atoms with van der Waals surface area (Å²) in [7, 11) is 3.18. The van der Waals surface area contributed by atoms with Gasteiger partial charge in [-0.2, -0.15) is 4.99 Å². The van der Waals surface area contributed by atoms with Gasteiger partial charge in [0.15, 0.2) is 4.80 Å². The highest BCUT2D eigenvalue weighted by molar-refractivity contribution is 7.16. The number of amides is 1. The van der Waals surface area contributed by atoms with Gasteiger partial charge in [0.05, 0.1) is 26.5 Å². The Morgan fingerprint density at radius 1 is 1.24 bits per heavy atom. The minimum atomic E-state index is -0.392. The van der Waals surface area contributed by atoms with Crippen molar-refractivity contribution in [2.75, 3.05) is 14.2 Å². The summed E-state index contributed by atoms with van der Waals surface area (Å²) in [6.45, 7) is 2.03. The fourth-order valence-corrected chi connectivity index (χ4v) is 4.43. The minimum Gasteiger partial charge on any atom is -0.495 e. The number of rotatable bonds is 4. The number of aryl methyl sites for hydroxylation is 1. The summed E-state index contributed by atoms with van der Waals surface area (Å²) in [6, 6.07) is 9.19. The highest BCUT2D eigenvalue weighted by Gasteiger charge is 2.19. The lowest BCUT2D eigenvalue weighted by Gasteiger charge is -2.08. The van der Waals surface area contributed by atoms with Crippen molar-refractivity contribution in [1.82, 2.24) is 14.0 Å². The van der Waals surface area contributed by atoms with Crippen LogP contribution in [0.4, 0.5) is 0 Å². The van der Waals surface area contributed by atoms with Gasteiger partial charge in [-0.05, 0) is 31.2 Å². The molecule has 0 atom stereocenters. The number of imidazole rings is 1. The number of fused-ring (bicyclic) bond motifs is 2. The first-order valence-corrected chi connectivity index (χ1v) is 9.61. The predicted molar refractivity (Wildman–Crippen MR) is 112 cm³/mol. The molecule has 0 N–H and O–H groups in total. The monoisotopic (exact) mass is 406 g/mol. The average molecular weight is 406 g/mol. The molecular weight excluding hydrogens is 388 g/mol. The number of pyridine rings is 1. The van der Waals surface area contributed by atoms with Crippen molar-refractivity contribution < 1.29 is 14.3 Å². The summed E-state index contributed by atoms with van der Waals surface area (Å²) in [6.07, 6.45) is 7.38. The number of thiazole rings is 1. The van der Waals surface area contributed by atoms with Gasteiger partial charge in [-0.25, -0.2) is 4.98 Å². The molecule has 0 aliphatic rings. The van der Waals surface area contributed by atoms with Crippen LogP contribution in [0.5, 0.6) is 11.5 Å². The Hall–Kier alpha value is -3.57. The average Bonchev–Trinajstić information content (AvgIpc) is 3.24. The maximum Gasteiger partial charge on any atom is 0.298 e. The molecule has 8 heteroatoms. The van der Waals surface area contributed by atoms with E-state index in [1.807, 2.05) is 24.3 Å². The molecule has 7 nitrogen and oxygen atoms in total. The Labute approximate surface area is 170 Å². The summed E-state index contributed by atoms with van der Waals surface area (Å²) in [4.78, 5) is 22.4. The zero-order valence-electron chi connectivity index (χ0n) is 16.2. The maximum absolute atomic E-state index is 13.1. The molecule has 0 spiro atoms. The topological polar surface area (TPSA) is 70.1 Å². The smallest absolute Gasteiger partial charge is 0.298 e. The van der Waals surface area contributed by atoms with E-state index in [0.717, 1.165) is 10.2 Å². The molecule has 0 unspecified atom stereocenters. The van der Waals surface area contributed by atoms with Crippen LogP contribution in [0.3, 0.4) is 0 Å². The third-order valence-electron chi connectivity index (χ3n) is 4.55. The van der Waals surface area contributed by atoms with E-state index in [4.69, 9.17) is 15.9 Å². The van der Waals surface area contributed by atoms with E-state index in [1.165, 1.54) is 11.3 Å². The first-order chi connectivity index (χ1) is 14.1. The second-order valence-corrected chi connectivity index (χ2v) is 7.19. The van der Waals surface area contributed by atoms with E-state index in [-0.39, 0.29) is 6.54 Å². The number of carbonyl (C=O) groups is 1. The van der Waals surface area contributed by atoms with Crippen LogP contribution in [0.25, 0.3) is 15.9 Å². The van der Waals surface area contributed by atoms with Crippen molar-refractivity contribution in [3.05, 3.63) is 52.7 Å². The van der Waals surface area contributed by atoms with Crippen LogP contribution in [0.2, 0.25) is 0 Å². The second kappa shape index (κ2) is 7.45. The number of terminal acetylenes is 1. The van der Waals surface area contributed by atoms with Crippen LogP contribution >= 0.6 is 11.3 Å². The van der Waals surface area contributed by atoms with Gasteiger partial charge in [0, 0.05) is 6.20 Å². The zero-order valence-corrected chi connectivity index (χ0v) is 17.0. The number of carbonyl (C=O) groups excluding carboxylic acids is 1. The molecule has 4 aromatic rings. The molecule has 0 aliphatic heterocycles. The largest absolute Gasteiger partial charge is 0.495 e. The number of hydrogen-bond donors (Lipinski definition) is 0. The standard InChI is InChI=1S/C21H18N4O3S/c1-5-11-25-18-14(27-3)9-10-15(28-4)19(18)29-21(25)23-20(26)17-13(2)22-16-8-6-7-12-24(16)17/h1,6-10,12H,11H2,2-4H3. The molecule has 3 aromatic heterocycles. The van der Waals surface area contributed by atoms with Gasteiger partial charge in [-0.1, -0.05) is 23.3 Å². The third kappa shape index (κ3) is 3.05. The van der Waals surface area contributed by atoms with Gasteiger partial charge in [-0.3, -0.25) is 9.20 Å². The molecule has 3 heterocycles. The molecule has 0 radical (unpaired) electrons. The van der Waals surface area contributed by atoms with Crippen LogP contribution in [0.15, 0.2) is 41.5 Å². The summed E-state index contributed by atoms with van der Waals surface area (Å²) in [5, 5.41) is 0. The highest BCUT2D eigenvalue weighted by atomic mass is 32.1. The summed E-state index contributed by atoms with van der Waals surface area (Å²) >= 11 is 1.33. The molecule has 1 aromatic carbocycles. The van der Waals surface area contributed by atoms with Crippen LogP contribution < -0.4 is 14.3 Å². The fourth-order valence-electron chi connectivity index (χ4n) is 3.29. The first-order valence-electron chi connectivity index (χ1n) is 8.79. The lowest BCUT2D eigenvalue weighted by molar-refractivity contribution is 0.0991. The van der Waals surface area contributed by atoms with Crippen molar-refractivity contribution in [2.45, 2.75) is 13.5 Å². The minimum absolute atomic E-state index is 0.238. The van der Waals surface area contributed by atoms with Crippen molar-refractivity contribution >= 4 is 33.1 Å². The molecule has 146 valence electrons. The third-order valence-corrected chi connectivity index (χ3v) is 5.64. The Morgan fingerprint density at radius 3 is 2.72 bits per heavy atom. The lowest BCUT2D eigenvalue weighted by Crippen LogP contribution is -2.17. The van der Waals surface area contributed by atoms with E-state index >= 15 is 0 Å². The molecular formula is C21H18N4O3S. The number of ether oxygens (including phenoxy) is 2. The molecule has 0 fully saturated rings. The van der Waals surface area contributed by atoms with E-state index in [1.54, 1.807) is 42.4 Å². The molecule has 0 saturated carbocycles. The van der Waals surface area contributed by atoms with Crippen molar-refractivity contribution in [3.8, 4) is 23.8 Å². The summed E-state index contributed by atoms with van der Waals surface area (Å²) in [5.41, 5.74) is 2.48. The Morgan fingerprint density at radius 2 is 2.00 bits per heavy atom. The number of benzene rings is 1. The number of aromatic nitrogens is 3. The van der Waals surface area contributed by atoms with Crippen LogP contribution in [-0.4, -0.2) is 34.1 Å². The molecule has 29 heavy (non-hydrogen) atoms. The molecule has 0 bridgehead atoms. The van der Waals surface area contributed by atoms with Crippen molar-refractivity contribution in [2.24, 2.45) is 4.99 Å². The van der Waals surface area contributed by atoms with E-state index in [2.05, 4.69) is 15.9 Å². The molecule has 0 aliphatic carbocycles. The van der Waals surface area contributed by atoms with Crippen LogP contribution in [0.1, 0.15) is 16.2 Å². The van der Waals surface area contributed by atoms with E-state index < -0.39 is 5.91 Å². The van der Waals surface area contributed by atoms with Gasteiger partial charge in [0.25, 0.3) is 5.91 Å². The van der Waals surface area contributed by atoms with E-state index in [9.17, 15) is 4.79 Å². The Kier molecular flexibility index (Phi) is 4.82. The van der Waals surface area contributed by atoms with Crippen molar-refractivity contribution in [3.63, 3.8) is 0 Å². The fraction of sp³-hybridized carbons (Fsp3) is 0.190. The van der Waals surface area contributed by atoms with Gasteiger partial charge in [0.1, 0.15) is 33.1 Å². The zero-order chi connectivity index (χ0) is 20.5.